The Kier molecular flexibility index (Phi) is 9.46. The minimum Gasteiger partial charge on any atom is -0.370 e. The zero-order valence-electron chi connectivity index (χ0n) is 19.0. The minimum absolute atomic E-state index is 0.497. The standard InChI is InChI=1S/C26H40N4/c1-3-5-7-12-18-27-25-20-24(29-26(30-25)28-19-13-8-6-4-2)23-17-16-22(23)21-14-10-9-11-15-21/h9-11,14-15,20,22-23H,3-8,12-13,16-19H2,1-2H3,(H2,27,28,29,30). The SMILES string of the molecule is CCCCCCNc1cc(C2CCC2c2ccccc2)nc(NCCCCCC)n1. The lowest BCUT2D eigenvalue weighted by Crippen LogP contribution is -2.24. The Balaban J connectivity index is 1.67. The molecule has 0 saturated heterocycles. The number of unbranched alkanes of at least 4 members (excludes halogenated alkanes) is 6. The Labute approximate surface area is 183 Å². The first kappa shape index (κ1) is 22.6. The molecule has 1 aromatic carbocycles. The molecule has 2 N–H and O–H groups in total. The number of benzene rings is 1. The van der Waals surface area contributed by atoms with E-state index >= 15 is 0 Å². The third-order valence-electron chi connectivity index (χ3n) is 6.28. The molecule has 4 nitrogen and oxygen atoms in total. The predicted molar refractivity (Wildman–Crippen MR) is 128 cm³/mol. The van der Waals surface area contributed by atoms with Gasteiger partial charge in [-0.3, -0.25) is 0 Å². The van der Waals surface area contributed by atoms with Gasteiger partial charge in [0.1, 0.15) is 5.82 Å². The molecule has 164 valence electrons. The highest BCUT2D eigenvalue weighted by molar-refractivity contribution is 5.44. The van der Waals surface area contributed by atoms with E-state index < -0.39 is 0 Å². The fourth-order valence-corrected chi connectivity index (χ4v) is 4.30. The zero-order valence-corrected chi connectivity index (χ0v) is 19.0. The summed E-state index contributed by atoms with van der Waals surface area (Å²) in [6, 6.07) is 13.1. The van der Waals surface area contributed by atoms with Crippen LogP contribution in [0.3, 0.4) is 0 Å². The van der Waals surface area contributed by atoms with E-state index in [2.05, 4.69) is 60.9 Å². The van der Waals surface area contributed by atoms with Crippen molar-refractivity contribution in [1.82, 2.24) is 9.97 Å². The molecule has 2 atom stereocenters. The summed E-state index contributed by atoms with van der Waals surface area (Å²) in [5.74, 6) is 2.85. The molecule has 30 heavy (non-hydrogen) atoms. The first-order valence-electron chi connectivity index (χ1n) is 12.2. The summed E-state index contributed by atoms with van der Waals surface area (Å²) in [5, 5.41) is 7.05. The van der Waals surface area contributed by atoms with Crippen LogP contribution in [0.5, 0.6) is 0 Å². The van der Waals surface area contributed by atoms with Gasteiger partial charge in [-0.1, -0.05) is 82.7 Å². The van der Waals surface area contributed by atoms with Crippen LogP contribution in [-0.4, -0.2) is 23.1 Å². The molecule has 0 bridgehead atoms. The topological polar surface area (TPSA) is 49.8 Å². The number of hydrogen-bond donors (Lipinski definition) is 2. The van der Waals surface area contributed by atoms with Gasteiger partial charge in [0.2, 0.25) is 5.95 Å². The van der Waals surface area contributed by atoms with Crippen molar-refractivity contribution >= 4 is 11.8 Å². The molecule has 4 heteroatoms. The van der Waals surface area contributed by atoms with Crippen molar-refractivity contribution in [2.45, 2.75) is 89.9 Å². The quantitative estimate of drug-likeness (QED) is 0.327. The molecule has 2 unspecified atom stereocenters. The van der Waals surface area contributed by atoms with Gasteiger partial charge in [-0.05, 0) is 37.2 Å². The van der Waals surface area contributed by atoms with Crippen LogP contribution in [0.1, 0.15) is 101 Å². The van der Waals surface area contributed by atoms with Crippen LogP contribution in [-0.2, 0) is 0 Å². The average Bonchev–Trinajstić information content (AvgIpc) is 2.73. The van der Waals surface area contributed by atoms with Crippen LogP contribution in [0.4, 0.5) is 11.8 Å². The van der Waals surface area contributed by atoms with Gasteiger partial charge < -0.3 is 10.6 Å². The van der Waals surface area contributed by atoms with Gasteiger partial charge in [0.15, 0.2) is 0 Å². The maximum atomic E-state index is 4.94. The molecule has 2 aromatic rings. The van der Waals surface area contributed by atoms with Crippen molar-refractivity contribution in [3.63, 3.8) is 0 Å². The van der Waals surface area contributed by atoms with Crippen molar-refractivity contribution in [3.05, 3.63) is 47.7 Å². The summed E-state index contributed by atoms with van der Waals surface area (Å²) >= 11 is 0. The molecule has 0 aliphatic heterocycles. The molecular weight excluding hydrogens is 368 g/mol. The van der Waals surface area contributed by atoms with Gasteiger partial charge in [-0.2, -0.15) is 4.98 Å². The molecule has 1 saturated carbocycles. The van der Waals surface area contributed by atoms with Crippen molar-refractivity contribution in [2.24, 2.45) is 0 Å². The fourth-order valence-electron chi connectivity index (χ4n) is 4.30. The lowest BCUT2D eigenvalue weighted by atomic mass is 9.68. The second kappa shape index (κ2) is 12.6. The first-order chi connectivity index (χ1) is 14.8. The molecule has 0 amide bonds. The molecule has 1 aliphatic rings. The minimum atomic E-state index is 0.497. The van der Waals surface area contributed by atoms with E-state index in [0.29, 0.717) is 11.8 Å². The largest absolute Gasteiger partial charge is 0.370 e. The van der Waals surface area contributed by atoms with Crippen LogP contribution >= 0.6 is 0 Å². The number of rotatable bonds is 14. The smallest absolute Gasteiger partial charge is 0.224 e. The highest BCUT2D eigenvalue weighted by atomic mass is 15.1. The second-order valence-electron chi connectivity index (χ2n) is 8.68. The Hall–Kier alpha value is -2.10. The van der Waals surface area contributed by atoms with Crippen molar-refractivity contribution in [1.29, 1.82) is 0 Å². The summed E-state index contributed by atoms with van der Waals surface area (Å²) < 4.78 is 0. The van der Waals surface area contributed by atoms with E-state index in [-0.39, 0.29) is 0 Å². The predicted octanol–water partition coefficient (Wildman–Crippen LogP) is 7.12. The third kappa shape index (κ3) is 6.72. The van der Waals surface area contributed by atoms with Gasteiger partial charge >= 0.3 is 0 Å². The van der Waals surface area contributed by atoms with Gasteiger partial charge in [0.25, 0.3) is 0 Å². The normalized spacial score (nSPS) is 18.1. The second-order valence-corrected chi connectivity index (χ2v) is 8.68. The third-order valence-corrected chi connectivity index (χ3v) is 6.28. The Morgan fingerprint density at radius 3 is 2.07 bits per heavy atom. The molecule has 1 aromatic heterocycles. The lowest BCUT2D eigenvalue weighted by molar-refractivity contribution is 0.340. The molecule has 0 radical (unpaired) electrons. The monoisotopic (exact) mass is 408 g/mol. The highest BCUT2D eigenvalue weighted by Crippen LogP contribution is 2.48. The van der Waals surface area contributed by atoms with E-state index in [1.165, 1.54) is 75.5 Å². The molecule has 1 heterocycles. The van der Waals surface area contributed by atoms with E-state index in [1.54, 1.807) is 0 Å². The first-order valence-corrected chi connectivity index (χ1v) is 12.2. The van der Waals surface area contributed by atoms with Crippen LogP contribution in [0.15, 0.2) is 36.4 Å². The molecule has 1 fully saturated rings. The number of hydrogen-bond acceptors (Lipinski definition) is 4. The van der Waals surface area contributed by atoms with Crippen LogP contribution in [0.2, 0.25) is 0 Å². The Morgan fingerprint density at radius 1 is 0.767 bits per heavy atom. The number of nitrogens with zero attached hydrogens (tertiary/aromatic N) is 2. The van der Waals surface area contributed by atoms with E-state index in [0.717, 1.165) is 24.9 Å². The summed E-state index contributed by atoms with van der Waals surface area (Å²) in [6.45, 7) is 6.44. The summed E-state index contributed by atoms with van der Waals surface area (Å²) in [7, 11) is 0. The van der Waals surface area contributed by atoms with Crippen molar-refractivity contribution in [3.8, 4) is 0 Å². The van der Waals surface area contributed by atoms with Gasteiger partial charge in [0, 0.05) is 25.1 Å². The number of nitrogens with one attached hydrogen (secondary N) is 2. The van der Waals surface area contributed by atoms with Crippen molar-refractivity contribution < 1.29 is 0 Å². The molecule has 0 spiro atoms. The Morgan fingerprint density at radius 2 is 1.43 bits per heavy atom. The van der Waals surface area contributed by atoms with E-state index in [4.69, 9.17) is 9.97 Å². The average molecular weight is 409 g/mol. The van der Waals surface area contributed by atoms with Crippen LogP contribution in [0.25, 0.3) is 0 Å². The van der Waals surface area contributed by atoms with Gasteiger partial charge in [0.05, 0.1) is 5.69 Å². The Bertz CT molecular complexity index is 699. The van der Waals surface area contributed by atoms with Crippen LogP contribution < -0.4 is 10.6 Å². The maximum absolute atomic E-state index is 4.94. The molecule has 3 rings (SSSR count). The summed E-state index contributed by atoms with van der Waals surface area (Å²) in [6.07, 6.45) is 12.5. The van der Waals surface area contributed by atoms with Crippen molar-refractivity contribution in [2.75, 3.05) is 23.7 Å². The van der Waals surface area contributed by atoms with Gasteiger partial charge in [-0.15, -0.1) is 0 Å². The highest BCUT2D eigenvalue weighted by Gasteiger charge is 2.34. The molecule has 1 aliphatic carbocycles. The zero-order chi connectivity index (χ0) is 21.0. The molecular formula is C26H40N4. The lowest BCUT2D eigenvalue weighted by Gasteiger charge is -2.37. The van der Waals surface area contributed by atoms with Gasteiger partial charge in [-0.25, -0.2) is 4.98 Å². The number of anilines is 2. The van der Waals surface area contributed by atoms with Crippen LogP contribution in [0, 0.1) is 0 Å². The number of aromatic nitrogens is 2. The fraction of sp³-hybridized carbons (Fsp3) is 0.615. The van der Waals surface area contributed by atoms with E-state index in [9.17, 15) is 0 Å². The van der Waals surface area contributed by atoms with E-state index in [1.807, 2.05) is 0 Å². The maximum Gasteiger partial charge on any atom is 0.224 e. The summed E-state index contributed by atoms with van der Waals surface area (Å²) in [5.41, 5.74) is 2.63. The summed E-state index contributed by atoms with van der Waals surface area (Å²) in [4.78, 5) is 9.72.